The standard InChI is InChI=1S/C5H9NO3/c1-8-4(7)9-5(6)2-3-5/h2-3,6H2,1H3. The molecular formula is C5H9NO3. The molecule has 0 heterocycles. The van der Waals surface area contributed by atoms with E-state index in [1.165, 1.54) is 7.11 Å². The third-order valence-electron chi connectivity index (χ3n) is 1.20. The summed E-state index contributed by atoms with van der Waals surface area (Å²) in [6, 6.07) is 0. The van der Waals surface area contributed by atoms with Gasteiger partial charge in [0.15, 0.2) is 5.72 Å². The first-order valence-corrected chi connectivity index (χ1v) is 2.72. The summed E-state index contributed by atoms with van der Waals surface area (Å²) in [6.07, 6.45) is 0.777. The van der Waals surface area contributed by atoms with E-state index in [0.717, 1.165) is 12.8 Å². The average molecular weight is 131 g/mol. The number of nitrogens with two attached hydrogens (primary N) is 1. The molecule has 1 rings (SSSR count). The molecule has 4 heteroatoms. The highest BCUT2D eigenvalue weighted by Gasteiger charge is 2.43. The van der Waals surface area contributed by atoms with Gasteiger partial charge in [-0.05, 0) is 0 Å². The van der Waals surface area contributed by atoms with E-state index in [0.29, 0.717) is 0 Å². The van der Waals surface area contributed by atoms with Gasteiger partial charge in [-0.15, -0.1) is 0 Å². The summed E-state index contributed by atoms with van der Waals surface area (Å²) in [4.78, 5) is 10.3. The van der Waals surface area contributed by atoms with Crippen LogP contribution in [0.5, 0.6) is 0 Å². The van der Waals surface area contributed by atoms with Crippen molar-refractivity contribution in [3.8, 4) is 0 Å². The lowest BCUT2D eigenvalue weighted by Crippen LogP contribution is -2.28. The first kappa shape index (κ1) is 6.35. The van der Waals surface area contributed by atoms with Crippen molar-refractivity contribution < 1.29 is 14.3 Å². The highest BCUT2D eigenvalue weighted by Crippen LogP contribution is 2.33. The number of ether oxygens (including phenoxy) is 2. The SMILES string of the molecule is COC(=O)OC1(N)CC1. The van der Waals surface area contributed by atoms with Gasteiger partial charge in [-0.25, -0.2) is 4.79 Å². The van der Waals surface area contributed by atoms with Crippen LogP contribution in [0.25, 0.3) is 0 Å². The summed E-state index contributed by atoms with van der Waals surface area (Å²) in [5.41, 5.74) is 4.70. The van der Waals surface area contributed by atoms with E-state index >= 15 is 0 Å². The molecule has 1 saturated carbocycles. The molecular weight excluding hydrogens is 122 g/mol. The summed E-state index contributed by atoms with van der Waals surface area (Å²) in [5, 5.41) is 0. The molecule has 0 atom stereocenters. The molecule has 1 aliphatic carbocycles. The van der Waals surface area contributed by atoms with Gasteiger partial charge in [0, 0.05) is 12.8 Å². The Bertz CT molecular complexity index is 130. The maximum atomic E-state index is 10.3. The fourth-order valence-electron chi connectivity index (χ4n) is 0.433. The topological polar surface area (TPSA) is 61.5 Å². The minimum absolute atomic E-state index is 0.699. The van der Waals surface area contributed by atoms with Crippen molar-refractivity contribution in [3.05, 3.63) is 0 Å². The lowest BCUT2D eigenvalue weighted by molar-refractivity contribution is 0.0282. The molecule has 9 heavy (non-hydrogen) atoms. The van der Waals surface area contributed by atoms with E-state index in [1.807, 2.05) is 0 Å². The Morgan fingerprint density at radius 3 is 2.56 bits per heavy atom. The van der Waals surface area contributed by atoms with Crippen LogP contribution in [0.4, 0.5) is 4.79 Å². The van der Waals surface area contributed by atoms with Gasteiger partial charge in [-0.1, -0.05) is 0 Å². The predicted molar refractivity (Wildman–Crippen MR) is 29.6 cm³/mol. The molecule has 0 aliphatic heterocycles. The number of carbonyl (C=O) groups excluding carboxylic acids is 1. The molecule has 0 aromatic heterocycles. The van der Waals surface area contributed by atoms with E-state index in [1.54, 1.807) is 0 Å². The van der Waals surface area contributed by atoms with E-state index in [-0.39, 0.29) is 0 Å². The Labute approximate surface area is 52.9 Å². The van der Waals surface area contributed by atoms with Crippen LogP contribution in [0.1, 0.15) is 12.8 Å². The lowest BCUT2D eigenvalue weighted by atomic mass is 10.6. The van der Waals surface area contributed by atoms with E-state index < -0.39 is 11.9 Å². The predicted octanol–water partition coefficient (Wildman–Crippen LogP) is 0.218. The molecule has 0 saturated heterocycles. The lowest BCUT2D eigenvalue weighted by Gasteiger charge is -2.07. The first-order valence-electron chi connectivity index (χ1n) is 2.72. The first-order chi connectivity index (χ1) is 4.16. The van der Waals surface area contributed by atoms with Crippen molar-refractivity contribution in [1.29, 1.82) is 0 Å². The van der Waals surface area contributed by atoms with Gasteiger partial charge in [-0.3, -0.25) is 5.73 Å². The molecule has 0 aromatic rings. The van der Waals surface area contributed by atoms with Gasteiger partial charge >= 0.3 is 6.16 Å². The molecule has 0 radical (unpaired) electrons. The second-order valence-electron chi connectivity index (χ2n) is 2.12. The summed E-state index contributed by atoms with van der Waals surface area (Å²) in [6.45, 7) is 0. The minimum atomic E-state index is -0.701. The van der Waals surface area contributed by atoms with Crippen LogP contribution < -0.4 is 5.73 Å². The molecule has 1 aliphatic rings. The zero-order valence-electron chi connectivity index (χ0n) is 5.22. The van der Waals surface area contributed by atoms with Gasteiger partial charge in [0.05, 0.1) is 7.11 Å². The molecule has 4 nitrogen and oxygen atoms in total. The Hall–Kier alpha value is -0.770. The fraction of sp³-hybridized carbons (Fsp3) is 0.800. The highest BCUT2D eigenvalue weighted by molar-refractivity contribution is 5.60. The Morgan fingerprint density at radius 2 is 2.22 bits per heavy atom. The molecule has 2 N–H and O–H groups in total. The van der Waals surface area contributed by atoms with Crippen LogP contribution in [-0.2, 0) is 9.47 Å². The molecule has 0 bridgehead atoms. The van der Waals surface area contributed by atoms with Crippen molar-refractivity contribution >= 4 is 6.16 Å². The van der Waals surface area contributed by atoms with Crippen molar-refractivity contribution in [2.75, 3.05) is 7.11 Å². The van der Waals surface area contributed by atoms with Crippen molar-refractivity contribution in [2.45, 2.75) is 18.6 Å². The summed E-state index contributed by atoms with van der Waals surface area (Å²) >= 11 is 0. The Kier molecular flexibility index (Phi) is 1.32. The summed E-state index contributed by atoms with van der Waals surface area (Å²) in [7, 11) is 1.26. The smallest absolute Gasteiger partial charge is 0.438 e. The summed E-state index contributed by atoms with van der Waals surface area (Å²) < 4.78 is 8.84. The van der Waals surface area contributed by atoms with Crippen LogP contribution in [0.15, 0.2) is 0 Å². The second-order valence-corrected chi connectivity index (χ2v) is 2.12. The molecule has 0 amide bonds. The molecule has 52 valence electrons. The number of methoxy groups -OCH3 is 1. The van der Waals surface area contributed by atoms with Crippen molar-refractivity contribution in [1.82, 2.24) is 0 Å². The van der Waals surface area contributed by atoms with E-state index in [4.69, 9.17) is 5.73 Å². The zero-order valence-corrected chi connectivity index (χ0v) is 5.22. The number of rotatable bonds is 1. The third-order valence-corrected chi connectivity index (χ3v) is 1.20. The number of hydrogen-bond acceptors (Lipinski definition) is 4. The maximum absolute atomic E-state index is 10.3. The molecule has 0 spiro atoms. The van der Waals surface area contributed by atoms with Crippen LogP contribution in [0, 0.1) is 0 Å². The fourth-order valence-corrected chi connectivity index (χ4v) is 0.433. The zero-order chi connectivity index (χ0) is 6.91. The van der Waals surface area contributed by atoms with Crippen LogP contribution in [0.3, 0.4) is 0 Å². The van der Waals surface area contributed by atoms with Crippen LogP contribution >= 0.6 is 0 Å². The van der Waals surface area contributed by atoms with Crippen molar-refractivity contribution in [3.63, 3.8) is 0 Å². The van der Waals surface area contributed by atoms with Gasteiger partial charge < -0.3 is 9.47 Å². The average Bonchev–Trinajstić information content (AvgIpc) is 2.48. The quantitative estimate of drug-likeness (QED) is 0.408. The van der Waals surface area contributed by atoms with E-state index in [2.05, 4.69) is 9.47 Å². The largest absolute Gasteiger partial charge is 0.509 e. The Balaban J connectivity index is 2.25. The van der Waals surface area contributed by atoms with Gasteiger partial charge in [0.2, 0.25) is 0 Å². The Morgan fingerprint density at radius 1 is 1.67 bits per heavy atom. The normalized spacial score (nSPS) is 20.7. The second kappa shape index (κ2) is 1.88. The minimum Gasteiger partial charge on any atom is -0.438 e. The molecule has 1 fully saturated rings. The number of carbonyl (C=O) groups is 1. The van der Waals surface area contributed by atoms with E-state index in [9.17, 15) is 4.79 Å². The van der Waals surface area contributed by atoms with Crippen LogP contribution in [-0.4, -0.2) is 19.0 Å². The maximum Gasteiger partial charge on any atom is 0.509 e. The molecule has 0 unspecified atom stereocenters. The van der Waals surface area contributed by atoms with Gasteiger partial charge in [0.1, 0.15) is 0 Å². The third kappa shape index (κ3) is 1.57. The van der Waals surface area contributed by atoms with Gasteiger partial charge in [-0.2, -0.15) is 0 Å². The van der Waals surface area contributed by atoms with Gasteiger partial charge in [0.25, 0.3) is 0 Å². The molecule has 0 aromatic carbocycles. The highest BCUT2D eigenvalue weighted by atomic mass is 16.7. The monoisotopic (exact) mass is 131 g/mol. The summed E-state index contributed by atoms with van der Waals surface area (Å²) in [5.74, 6) is 0. The van der Waals surface area contributed by atoms with Crippen molar-refractivity contribution in [2.24, 2.45) is 5.73 Å². The number of hydrogen-bond donors (Lipinski definition) is 1. The van der Waals surface area contributed by atoms with Crippen LogP contribution in [0.2, 0.25) is 0 Å².